The Balaban J connectivity index is 1.91. The molecule has 0 aliphatic rings. The van der Waals surface area contributed by atoms with Crippen LogP contribution >= 0.6 is 23.1 Å². The number of aromatic nitrogens is 3. The Hall–Kier alpha value is -1.58. The fourth-order valence-electron chi connectivity index (χ4n) is 1.69. The number of carbonyl (C=O) groups is 1. The van der Waals surface area contributed by atoms with Crippen LogP contribution in [0.2, 0.25) is 0 Å². The molecule has 0 fully saturated rings. The van der Waals surface area contributed by atoms with E-state index in [2.05, 4.69) is 15.5 Å². The van der Waals surface area contributed by atoms with Crippen LogP contribution in [0.5, 0.6) is 0 Å². The van der Waals surface area contributed by atoms with E-state index in [9.17, 15) is 4.79 Å². The number of ether oxygens (including phenoxy) is 1. The first-order chi connectivity index (χ1) is 10.1. The Morgan fingerprint density at radius 3 is 3.10 bits per heavy atom. The summed E-state index contributed by atoms with van der Waals surface area (Å²) in [7, 11) is 1.60. The zero-order valence-electron chi connectivity index (χ0n) is 11.8. The smallest absolute Gasteiger partial charge is 0.230 e. The number of thioether (sulfide) groups is 1. The van der Waals surface area contributed by atoms with E-state index in [1.807, 2.05) is 24.4 Å². The van der Waals surface area contributed by atoms with Gasteiger partial charge in [0, 0.05) is 13.2 Å². The van der Waals surface area contributed by atoms with E-state index in [1.54, 1.807) is 7.11 Å². The van der Waals surface area contributed by atoms with Gasteiger partial charge in [0.15, 0.2) is 5.82 Å². The molecule has 0 bridgehead atoms. The number of thiophene rings is 1. The number of hydrogen-bond acceptors (Lipinski definition) is 7. The lowest BCUT2D eigenvalue weighted by Crippen LogP contribution is -2.36. The molecule has 0 saturated carbocycles. The van der Waals surface area contributed by atoms with Gasteiger partial charge in [-0.25, -0.2) is 4.68 Å². The third-order valence-corrected chi connectivity index (χ3v) is 4.37. The normalized spacial score (nSPS) is 12.3. The molecule has 0 radical (unpaired) electrons. The van der Waals surface area contributed by atoms with Crippen molar-refractivity contribution in [2.24, 2.45) is 0 Å². The van der Waals surface area contributed by atoms with Crippen molar-refractivity contribution in [3.05, 3.63) is 17.5 Å². The van der Waals surface area contributed by atoms with Crippen LogP contribution in [-0.2, 0) is 9.53 Å². The van der Waals surface area contributed by atoms with Crippen LogP contribution in [0.25, 0.3) is 10.7 Å². The van der Waals surface area contributed by atoms with Gasteiger partial charge in [0.05, 0.1) is 17.2 Å². The molecule has 2 rings (SSSR count). The standard InChI is InChI=1S/C12H17N5O2S2/c1-8(6-19-2)14-10(18)7-21-12-16-15-11(17(12)13)9-4-3-5-20-9/h3-5,8H,6-7,13H2,1-2H3,(H,14,18)/t8-/m1/s1. The summed E-state index contributed by atoms with van der Waals surface area (Å²) in [4.78, 5) is 12.7. The molecule has 2 aromatic rings. The molecule has 0 aromatic carbocycles. The number of hydrogen-bond donors (Lipinski definition) is 2. The predicted octanol–water partition coefficient (Wildman–Crippen LogP) is 0.964. The third kappa shape index (κ3) is 4.19. The number of nitrogen functional groups attached to an aromatic ring is 1. The molecule has 2 heterocycles. The molecular weight excluding hydrogens is 310 g/mol. The monoisotopic (exact) mass is 327 g/mol. The van der Waals surface area contributed by atoms with E-state index in [0.29, 0.717) is 17.6 Å². The zero-order chi connectivity index (χ0) is 15.2. The minimum Gasteiger partial charge on any atom is -0.383 e. The van der Waals surface area contributed by atoms with Crippen molar-refractivity contribution in [3.8, 4) is 10.7 Å². The number of nitrogens with two attached hydrogens (primary N) is 1. The molecule has 2 aromatic heterocycles. The number of nitrogens with zero attached hydrogens (tertiary/aromatic N) is 3. The summed E-state index contributed by atoms with van der Waals surface area (Å²) in [5.74, 6) is 6.69. The van der Waals surface area contributed by atoms with Gasteiger partial charge in [-0.2, -0.15) is 0 Å². The molecule has 1 atom stereocenters. The van der Waals surface area contributed by atoms with E-state index in [0.717, 1.165) is 4.88 Å². The Morgan fingerprint density at radius 2 is 2.43 bits per heavy atom. The largest absolute Gasteiger partial charge is 0.383 e. The topological polar surface area (TPSA) is 95.1 Å². The van der Waals surface area contributed by atoms with Gasteiger partial charge in [0.25, 0.3) is 0 Å². The highest BCUT2D eigenvalue weighted by atomic mass is 32.2. The van der Waals surface area contributed by atoms with E-state index in [1.165, 1.54) is 27.8 Å². The molecule has 0 saturated heterocycles. The fraction of sp³-hybridized carbons (Fsp3) is 0.417. The first-order valence-corrected chi connectivity index (χ1v) is 8.13. The number of nitrogens with one attached hydrogen (secondary N) is 1. The van der Waals surface area contributed by atoms with Gasteiger partial charge < -0.3 is 15.9 Å². The number of rotatable bonds is 7. The quantitative estimate of drug-likeness (QED) is 0.581. The van der Waals surface area contributed by atoms with Crippen molar-refractivity contribution < 1.29 is 9.53 Å². The molecule has 0 aliphatic carbocycles. The lowest BCUT2D eigenvalue weighted by Gasteiger charge is -2.12. The number of methoxy groups -OCH3 is 1. The van der Waals surface area contributed by atoms with E-state index in [-0.39, 0.29) is 17.7 Å². The molecule has 0 spiro atoms. The highest BCUT2D eigenvalue weighted by Gasteiger charge is 2.15. The van der Waals surface area contributed by atoms with Crippen LogP contribution < -0.4 is 11.2 Å². The summed E-state index contributed by atoms with van der Waals surface area (Å²) in [6.07, 6.45) is 0. The molecular formula is C12H17N5O2S2. The van der Waals surface area contributed by atoms with Crippen molar-refractivity contribution in [1.29, 1.82) is 0 Å². The maximum atomic E-state index is 11.8. The first-order valence-electron chi connectivity index (χ1n) is 6.27. The average molecular weight is 327 g/mol. The van der Waals surface area contributed by atoms with Crippen LogP contribution in [0, 0.1) is 0 Å². The Labute approximate surface area is 130 Å². The second-order valence-electron chi connectivity index (χ2n) is 4.37. The fourth-order valence-corrected chi connectivity index (χ4v) is 3.06. The first kappa shape index (κ1) is 15.8. The van der Waals surface area contributed by atoms with Crippen LogP contribution in [0.3, 0.4) is 0 Å². The van der Waals surface area contributed by atoms with Crippen molar-refractivity contribution in [2.45, 2.75) is 18.1 Å². The average Bonchev–Trinajstić information content (AvgIpc) is 3.06. The summed E-state index contributed by atoms with van der Waals surface area (Å²) in [6.45, 7) is 2.36. The SMILES string of the molecule is COC[C@@H](C)NC(=O)CSc1nnc(-c2cccs2)n1N. The third-order valence-electron chi connectivity index (χ3n) is 2.56. The molecule has 0 aliphatic heterocycles. The van der Waals surface area contributed by atoms with Gasteiger partial charge in [-0.3, -0.25) is 4.79 Å². The number of carbonyl (C=O) groups excluding carboxylic acids is 1. The van der Waals surface area contributed by atoms with Crippen molar-refractivity contribution in [3.63, 3.8) is 0 Å². The summed E-state index contributed by atoms with van der Waals surface area (Å²) in [5, 5.41) is 13.3. The van der Waals surface area contributed by atoms with E-state index < -0.39 is 0 Å². The molecule has 0 unspecified atom stereocenters. The highest BCUT2D eigenvalue weighted by Crippen LogP contribution is 2.24. The lowest BCUT2D eigenvalue weighted by atomic mass is 10.3. The maximum Gasteiger partial charge on any atom is 0.230 e. The summed E-state index contributed by atoms with van der Waals surface area (Å²) in [5.41, 5.74) is 0. The summed E-state index contributed by atoms with van der Waals surface area (Å²) < 4.78 is 6.37. The Morgan fingerprint density at radius 1 is 1.62 bits per heavy atom. The van der Waals surface area contributed by atoms with Gasteiger partial charge in [-0.1, -0.05) is 17.8 Å². The molecule has 3 N–H and O–H groups in total. The Bertz CT molecular complexity index is 584. The highest BCUT2D eigenvalue weighted by molar-refractivity contribution is 7.99. The summed E-state index contributed by atoms with van der Waals surface area (Å²) >= 11 is 2.79. The van der Waals surface area contributed by atoms with E-state index >= 15 is 0 Å². The van der Waals surface area contributed by atoms with Gasteiger partial charge >= 0.3 is 0 Å². The molecule has 21 heavy (non-hydrogen) atoms. The van der Waals surface area contributed by atoms with Crippen LogP contribution in [0.1, 0.15) is 6.92 Å². The Kier molecular flexibility index (Phi) is 5.59. The van der Waals surface area contributed by atoms with Gasteiger partial charge in [0.2, 0.25) is 11.1 Å². The minimum absolute atomic E-state index is 0.0273. The maximum absolute atomic E-state index is 11.8. The van der Waals surface area contributed by atoms with Crippen LogP contribution in [-0.4, -0.2) is 46.3 Å². The van der Waals surface area contributed by atoms with Gasteiger partial charge in [0.1, 0.15) is 0 Å². The van der Waals surface area contributed by atoms with Crippen molar-refractivity contribution >= 4 is 29.0 Å². The molecule has 1 amide bonds. The van der Waals surface area contributed by atoms with E-state index in [4.69, 9.17) is 10.6 Å². The zero-order valence-corrected chi connectivity index (χ0v) is 13.4. The van der Waals surface area contributed by atoms with Crippen molar-refractivity contribution in [1.82, 2.24) is 20.2 Å². The van der Waals surface area contributed by atoms with Crippen LogP contribution in [0.15, 0.2) is 22.7 Å². The summed E-state index contributed by atoms with van der Waals surface area (Å²) in [6, 6.07) is 3.82. The van der Waals surface area contributed by atoms with Crippen molar-refractivity contribution in [2.75, 3.05) is 25.3 Å². The van der Waals surface area contributed by atoms with Crippen LogP contribution in [0.4, 0.5) is 0 Å². The minimum atomic E-state index is -0.0924. The second-order valence-corrected chi connectivity index (χ2v) is 6.26. The molecule has 114 valence electrons. The number of amides is 1. The lowest BCUT2D eigenvalue weighted by molar-refractivity contribution is -0.119. The van der Waals surface area contributed by atoms with Gasteiger partial charge in [-0.05, 0) is 18.4 Å². The second kappa shape index (κ2) is 7.43. The molecule has 7 nitrogen and oxygen atoms in total. The van der Waals surface area contributed by atoms with Gasteiger partial charge in [-0.15, -0.1) is 21.5 Å². The predicted molar refractivity (Wildman–Crippen MR) is 83.7 cm³/mol. The molecule has 9 heteroatoms.